The van der Waals surface area contributed by atoms with Crippen LogP contribution in [0, 0.1) is 0 Å². The first-order valence-electron chi connectivity index (χ1n) is 11.2. The van der Waals surface area contributed by atoms with Gasteiger partial charge in [-0.1, -0.05) is 68.0 Å². The molecule has 3 rings (SSSR count). The van der Waals surface area contributed by atoms with Gasteiger partial charge in [-0.15, -0.1) is 6.58 Å². The van der Waals surface area contributed by atoms with Crippen molar-refractivity contribution in [2.24, 2.45) is 0 Å². The van der Waals surface area contributed by atoms with E-state index in [1.54, 1.807) is 6.08 Å². The molecule has 0 radical (unpaired) electrons. The average Bonchev–Trinajstić information content (AvgIpc) is 3.13. The number of allylic oxidation sites excluding steroid dienone is 1. The second-order valence-electron chi connectivity index (χ2n) is 8.08. The van der Waals surface area contributed by atoms with Gasteiger partial charge in [0.25, 0.3) is 0 Å². The fraction of sp³-hybridized carbons (Fsp3) is 0.346. The van der Waals surface area contributed by atoms with Crippen LogP contribution in [0.4, 0.5) is 4.79 Å². The van der Waals surface area contributed by atoms with Crippen LogP contribution in [0.25, 0.3) is 11.1 Å². The van der Waals surface area contributed by atoms with E-state index in [1.165, 1.54) is 0 Å². The van der Waals surface area contributed by atoms with E-state index in [4.69, 9.17) is 4.74 Å². The molecule has 0 bridgehead atoms. The number of ether oxygens (including phenoxy) is 1. The molecule has 7 nitrogen and oxygen atoms in total. The summed E-state index contributed by atoms with van der Waals surface area (Å²) >= 11 is 0. The number of nitrogens with one attached hydrogen (secondary N) is 2. The highest BCUT2D eigenvalue weighted by Gasteiger charge is 2.30. The highest BCUT2D eigenvalue weighted by atomic mass is 16.5. The van der Waals surface area contributed by atoms with Crippen molar-refractivity contribution < 1.29 is 24.2 Å². The molecule has 0 aliphatic heterocycles. The SMILES string of the molecule is C=CCCC(NC(=O)OCC1c2ccccc2-c2ccccc21)C(=O)N[C@H](CCC)C(=O)O. The number of benzene rings is 2. The molecular weight excluding hydrogens is 420 g/mol. The number of carbonyl (C=O) groups excluding carboxylic acids is 2. The maximum atomic E-state index is 12.7. The number of aliphatic carboxylic acids is 1. The Kier molecular flexibility index (Phi) is 8.24. The molecule has 2 aromatic carbocycles. The Morgan fingerprint density at radius 3 is 2.15 bits per heavy atom. The molecule has 1 unspecified atom stereocenters. The van der Waals surface area contributed by atoms with Crippen molar-refractivity contribution in [2.75, 3.05) is 6.61 Å². The average molecular weight is 451 g/mol. The topological polar surface area (TPSA) is 105 Å². The van der Waals surface area contributed by atoms with Crippen LogP contribution in [0.3, 0.4) is 0 Å². The van der Waals surface area contributed by atoms with E-state index in [-0.39, 0.29) is 18.9 Å². The van der Waals surface area contributed by atoms with Crippen molar-refractivity contribution in [1.29, 1.82) is 0 Å². The number of carboxylic acid groups (broad SMARTS) is 1. The van der Waals surface area contributed by atoms with E-state index >= 15 is 0 Å². The van der Waals surface area contributed by atoms with Crippen molar-refractivity contribution in [3.63, 3.8) is 0 Å². The van der Waals surface area contributed by atoms with Gasteiger partial charge in [0, 0.05) is 5.92 Å². The van der Waals surface area contributed by atoms with Gasteiger partial charge in [0.1, 0.15) is 18.7 Å². The van der Waals surface area contributed by atoms with E-state index in [2.05, 4.69) is 29.3 Å². The fourth-order valence-corrected chi connectivity index (χ4v) is 4.15. The Labute approximate surface area is 193 Å². The third-order valence-electron chi connectivity index (χ3n) is 5.80. The van der Waals surface area contributed by atoms with Gasteiger partial charge in [0.05, 0.1) is 0 Å². The molecule has 0 fully saturated rings. The molecule has 0 spiro atoms. The predicted octanol–water partition coefficient (Wildman–Crippen LogP) is 4.23. The summed E-state index contributed by atoms with van der Waals surface area (Å²) in [5.41, 5.74) is 4.44. The monoisotopic (exact) mass is 450 g/mol. The first-order valence-corrected chi connectivity index (χ1v) is 11.2. The maximum absolute atomic E-state index is 12.7. The summed E-state index contributed by atoms with van der Waals surface area (Å²) in [5, 5.41) is 14.4. The number of hydrogen-bond acceptors (Lipinski definition) is 4. The maximum Gasteiger partial charge on any atom is 0.407 e. The number of alkyl carbamates (subject to hydrolysis) is 1. The molecule has 1 aliphatic carbocycles. The molecule has 0 saturated heterocycles. The van der Waals surface area contributed by atoms with Gasteiger partial charge >= 0.3 is 12.1 Å². The Morgan fingerprint density at radius 2 is 1.61 bits per heavy atom. The summed E-state index contributed by atoms with van der Waals surface area (Å²) in [4.78, 5) is 36.7. The molecule has 2 amide bonds. The van der Waals surface area contributed by atoms with Crippen LogP contribution in [-0.4, -0.2) is 41.8 Å². The molecule has 0 heterocycles. The van der Waals surface area contributed by atoms with E-state index in [0.717, 1.165) is 22.3 Å². The molecule has 2 atom stereocenters. The molecule has 174 valence electrons. The summed E-state index contributed by atoms with van der Waals surface area (Å²) in [5.74, 6) is -1.75. The summed E-state index contributed by atoms with van der Waals surface area (Å²) in [6.07, 6.45) is 2.60. The van der Waals surface area contributed by atoms with Crippen molar-refractivity contribution in [3.05, 3.63) is 72.3 Å². The number of fused-ring (bicyclic) bond motifs is 3. The lowest BCUT2D eigenvalue weighted by atomic mass is 9.98. The molecule has 7 heteroatoms. The highest BCUT2D eigenvalue weighted by Crippen LogP contribution is 2.44. The largest absolute Gasteiger partial charge is 0.480 e. The minimum atomic E-state index is -1.10. The van der Waals surface area contributed by atoms with Gasteiger partial charge in [-0.05, 0) is 41.5 Å². The van der Waals surface area contributed by atoms with Crippen molar-refractivity contribution >= 4 is 18.0 Å². The van der Waals surface area contributed by atoms with E-state index in [0.29, 0.717) is 19.3 Å². The minimum absolute atomic E-state index is 0.0930. The standard InChI is InChI=1S/C26H30N2O5/c1-3-5-15-22(24(29)27-23(10-4-2)25(30)31)28-26(32)33-16-21-19-13-8-6-11-17(19)18-12-7-9-14-20(18)21/h3,6-9,11-14,21-23H,1,4-5,10,15-16H2,2H3,(H,27,29)(H,28,32)(H,30,31)/t22?,23-/m1/s1. The van der Waals surface area contributed by atoms with Gasteiger partial charge < -0.3 is 20.5 Å². The Balaban J connectivity index is 1.65. The number of amides is 2. The molecule has 0 aromatic heterocycles. The van der Waals surface area contributed by atoms with Crippen LogP contribution in [-0.2, 0) is 14.3 Å². The minimum Gasteiger partial charge on any atom is -0.480 e. The lowest BCUT2D eigenvalue weighted by molar-refractivity contribution is -0.142. The second kappa shape index (κ2) is 11.3. The second-order valence-corrected chi connectivity index (χ2v) is 8.08. The van der Waals surface area contributed by atoms with Crippen molar-refractivity contribution in [3.8, 4) is 11.1 Å². The lowest BCUT2D eigenvalue weighted by Crippen LogP contribution is -2.51. The van der Waals surface area contributed by atoms with Gasteiger partial charge in [-0.3, -0.25) is 4.79 Å². The molecule has 3 N–H and O–H groups in total. The Morgan fingerprint density at radius 1 is 1.00 bits per heavy atom. The van der Waals surface area contributed by atoms with Gasteiger partial charge in [-0.25, -0.2) is 9.59 Å². The molecule has 33 heavy (non-hydrogen) atoms. The number of carboxylic acids is 1. The third kappa shape index (κ3) is 5.80. The van der Waals surface area contributed by atoms with E-state index in [1.807, 2.05) is 43.3 Å². The molecule has 2 aromatic rings. The number of hydrogen-bond donors (Lipinski definition) is 3. The zero-order valence-electron chi connectivity index (χ0n) is 18.8. The van der Waals surface area contributed by atoms with Gasteiger partial charge in [0.2, 0.25) is 5.91 Å². The summed E-state index contributed by atoms with van der Waals surface area (Å²) in [6, 6.07) is 14.1. The smallest absolute Gasteiger partial charge is 0.407 e. The zero-order valence-corrected chi connectivity index (χ0v) is 18.8. The Bertz CT molecular complexity index is 974. The highest BCUT2D eigenvalue weighted by molar-refractivity contribution is 5.89. The zero-order chi connectivity index (χ0) is 23.8. The van der Waals surface area contributed by atoms with Crippen LogP contribution in [0.2, 0.25) is 0 Å². The predicted molar refractivity (Wildman–Crippen MR) is 126 cm³/mol. The number of rotatable bonds is 11. The first kappa shape index (κ1) is 24.0. The van der Waals surface area contributed by atoms with Crippen molar-refractivity contribution in [1.82, 2.24) is 10.6 Å². The quantitative estimate of drug-likeness (QED) is 0.445. The first-order chi connectivity index (χ1) is 16.0. The fourth-order valence-electron chi connectivity index (χ4n) is 4.15. The summed E-state index contributed by atoms with van der Waals surface area (Å²) in [7, 11) is 0. The lowest BCUT2D eigenvalue weighted by Gasteiger charge is -2.21. The Hall–Kier alpha value is -3.61. The van der Waals surface area contributed by atoms with Crippen molar-refractivity contribution in [2.45, 2.75) is 50.6 Å². The van der Waals surface area contributed by atoms with Crippen LogP contribution >= 0.6 is 0 Å². The normalized spacial score (nSPS) is 13.8. The van der Waals surface area contributed by atoms with Crippen LogP contribution in [0.1, 0.15) is 49.7 Å². The van der Waals surface area contributed by atoms with E-state index in [9.17, 15) is 19.5 Å². The van der Waals surface area contributed by atoms with Crippen LogP contribution in [0.15, 0.2) is 61.2 Å². The van der Waals surface area contributed by atoms with Crippen LogP contribution in [0.5, 0.6) is 0 Å². The van der Waals surface area contributed by atoms with Gasteiger partial charge in [-0.2, -0.15) is 0 Å². The molecule has 0 saturated carbocycles. The summed E-state index contributed by atoms with van der Waals surface area (Å²) < 4.78 is 5.53. The van der Waals surface area contributed by atoms with Gasteiger partial charge in [0.15, 0.2) is 0 Å². The molecule has 1 aliphatic rings. The van der Waals surface area contributed by atoms with E-state index < -0.39 is 30.1 Å². The van der Waals surface area contributed by atoms with Crippen LogP contribution < -0.4 is 10.6 Å². The third-order valence-corrected chi connectivity index (χ3v) is 5.80. The number of carbonyl (C=O) groups is 3. The molecular formula is C26H30N2O5. The summed E-state index contributed by atoms with van der Waals surface area (Å²) in [6.45, 7) is 5.62.